The first-order valence-corrected chi connectivity index (χ1v) is 13.2. The van der Waals surface area contributed by atoms with Gasteiger partial charge in [0.05, 0.1) is 29.2 Å². The average molecular weight is 542 g/mol. The third-order valence-corrected chi connectivity index (χ3v) is 7.38. The summed E-state index contributed by atoms with van der Waals surface area (Å²) in [4.78, 5) is 45.1. The Hall–Kier alpha value is -3.44. The molecule has 1 unspecified atom stereocenters. The lowest BCUT2D eigenvalue weighted by molar-refractivity contribution is 0.178. The first kappa shape index (κ1) is 26.2. The largest absolute Gasteiger partial charge is 0.492 e. The molecule has 2 aromatic heterocycles. The Bertz CT molecular complexity index is 1410. The van der Waals surface area contributed by atoms with Crippen molar-refractivity contribution in [2.75, 3.05) is 43.6 Å². The molecule has 12 heteroatoms. The number of ether oxygens (including phenoxy) is 2. The highest BCUT2D eigenvalue weighted by molar-refractivity contribution is 6.32. The zero-order valence-electron chi connectivity index (χ0n) is 22.0. The maximum atomic E-state index is 13.0. The van der Waals surface area contributed by atoms with Crippen molar-refractivity contribution in [1.82, 2.24) is 24.8 Å². The number of hydrogen-bond acceptors (Lipinski definition) is 9. The fourth-order valence-corrected chi connectivity index (χ4v) is 5.17. The Morgan fingerprint density at radius 3 is 2.82 bits per heavy atom. The number of H-pyrrole nitrogens is 1. The maximum absolute atomic E-state index is 13.0. The number of nitrogens with one attached hydrogen (secondary N) is 2. The summed E-state index contributed by atoms with van der Waals surface area (Å²) in [7, 11) is 2.10. The smallest absolute Gasteiger partial charge is 0.417 e. The fraction of sp³-hybridized carbons (Fsp3) is 0.500. The minimum absolute atomic E-state index is 0.143. The van der Waals surface area contributed by atoms with Crippen LogP contribution in [0.1, 0.15) is 44.1 Å². The molecule has 0 bridgehead atoms. The summed E-state index contributed by atoms with van der Waals surface area (Å²) in [6, 6.07) is 4.79. The van der Waals surface area contributed by atoms with E-state index in [4.69, 9.17) is 21.1 Å². The number of rotatable bonds is 8. The molecule has 2 aliphatic rings. The van der Waals surface area contributed by atoms with Gasteiger partial charge in [0.2, 0.25) is 11.9 Å². The second kappa shape index (κ2) is 10.7. The van der Waals surface area contributed by atoms with E-state index in [9.17, 15) is 9.59 Å². The van der Waals surface area contributed by atoms with Gasteiger partial charge in [-0.25, -0.2) is 9.69 Å². The van der Waals surface area contributed by atoms with E-state index in [0.29, 0.717) is 53.2 Å². The molecular weight excluding hydrogens is 510 g/mol. The van der Waals surface area contributed by atoms with Crippen LogP contribution in [0.2, 0.25) is 5.02 Å². The summed E-state index contributed by atoms with van der Waals surface area (Å²) in [5.41, 5.74) is 0.886. The van der Waals surface area contributed by atoms with Crippen LogP contribution in [0.25, 0.3) is 10.9 Å². The quantitative estimate of drug-likeness (QED) is 0.436. The SMILES string of the molecule is CC[C@H]1COC(=O)N1c1nc(C)nc(N[C@@H](C)c2cc3cc(Cl)c(OCC4CCN(C)C4)cc3[nH]c2=O)n1. The van der Waals surface area contributed by atoms with E-state index < -0.39 is 12.1 Å². The number of nitrogens with zero attached hydrogens (tertiary/aromatic N) is 5. The number of fused-ring (bicyclic) bond motifs is 1. The fourth-order valence-electron chi connectivity index (χ4n) is 4.94. The summed E-state index contributed by atoms with van der Waals surface area (Å²) in [6.07, 6.45) is 1.31. The van der Waals surface area contributed by atoms with Gasteiger partial charge in [-0.05, 0) is 52.4 Å². The van der Waals surface area contributed by atoms with Crippen LogP contribution in [-0.4, -0.2) is 70.3 Å². The summed E-state index contributed by atoms with van der Waals surface area (Å²) in [6.45, 7) is 8.47. The second-order valence-corrected chi connectivity index (χ2v) is 10.4. The van der Waals surface area contributed by atoms with E-state index in [-0.39, 0.29) is 23.5 Å². The van der Waals surface area contributed by atoms with Gasteiger partial charge in [0.15, 0.2) is 0 Å². The van der Waals surface area contributed by atoms with Gasteiger partial charge in [0.25, 0.3) is 5.56 Å². The predicted octanol–water partition coefficient (Wildman–Crippen LogP) is 3.91. The van der Waals surface area contributed by atoms with Crippen LogP contribution in [0.5, 0.6) is 5.75 Å². The molecule has 38 heavy (non-hydrogen) atoms. The third kappa shape index (κ3) is 5.39. The van der Waals surface area contributed by atoms with Crippen LogP contribution in [0.4, 0.5) is 16.7 Å². The zero-order chi connectivity index (χ0) is 27.0. The molecule has 0 spiro atoms. The zero-order valence-corrected chi connectivity index (χ0v) is 22.7. The molecule has 202 valence electrons. The van der Waals surface area contributed by atoms with E-state index in [1.165, 1.54) is 4.90 Å². The van der Waals surface area contributed by atoms with Crippen LogP contribution >= 0.6 is 11.6 Å². The maximum Gasteiger partial charge on any atom is 0.417 e. The van der Waals surface area contributed by atoms with E-state index in [2.05, 4.69) is 37.2 Å². The molecule has 2 aliphatic heterocycles. The molecule has 0 radical (unpaired) electrons. The number of carbonyl (C=O) groups is 1. The van der Waals surface area contributed by atoms with E-state index in [1.54, 1.807) is 25.1 Å². The van der Waals surface area contributed by atoms with Crippen molar-refractivity contribution in [2.24, 2.45) is 5.92 Å². The minimum Gasteiger partial charge on any atom is -0.492 e. The molecule has 3 aromatic rings. The van der Waals surface area contributed by atoms with Crippen molar-refractivity contribution in [3.63, 3.8) is 0 Å². The molecule has 4 heterocycles. The highest BCUT2D eigenvalue weighted by Gasteiger charge is 2.35. The highest BCUT2D eigenvalue weighted by Crippen LogP contribution is 2.31. The Morgan fingerprint density at radius 1 is 1.26 bits per heavy atom. The van der Waals surface area contributed by atoms with Gasteiger partial charge in [-0.15, -0.1) is 0 Å². The topological polar surface area (TPSA) is 126 Å². The number of likely N-dealkylation sites (tertiary alicyclic amines) is 1. The number of aromatic nitrogens is 4. The molecule has 2 saturated heterocycles. The molecule has 0 aliphatic carbocycles. The van der Waals surface area contributed by atoms with Crippen LogP contribution in [0.3, 0.4) is 0 Å². The number of aryl methyl sites for hydroxylation is 1. The second-order valence-electron chi connectivity index (χ2n) is 10.0. The highest BCUT2D eigenvalue weighted by atomic mass is 35.5. The van der Waals surface area contributed by atoms with Crippen molar-refractivity contribution in [2.45, 2.75) is 45.7 Å². The number of carbonyl (C=O) groups excluding carboxylic acids is 1. The van der Waals surface area contributed by atoms with Crippen molar-refractivity contribution in [3.05, 3.63) is 45.0 Å². The lowest BCUT2D eigenvalue weighted by atomic mass is 10.1. The summed E-state index contributed by atoms with van der Waals surface area (Å²) in [5.74, 6) is 1.94. The normalized spacial score (nSPS) is 20.7. The molecule has 2 N–H and O–H groups in total. The Balaban J connectivity index is 1.36. The van der Waals surface area contributed by atoms with Gasteiger partial charge >= 0.3 is 6.09 Å². The molecule has 1 aromatic carbocycles. The summed E-state index contributed by atoms with van der Waals surface area (Å²) >= 11 is 6.54. The number of cyclic esters (lactones) is 1. The van der Waals surface area contributed by atoms with Crippen LogP contribution < -0.4 is 20.5 Å². The van der Waals surface area contributed by atoms with Crippen molar-refractivity contribution < 1.29 is 14.3 Å². The number of anilines is 2. The Labute approximate surface area is 225 Å². The first-order valence-electron chi connectivity index (χ1n) is 12.8. The van der Waals surface area contributed by atoms with Crippen molar-refractivity contribution in [3.8, 4) is 5.75 Å². The monoisotopic (exact) mass is 541 g/mol. The number of hydrogen-bond donors (Lipinski definition) is 2. The summed E-state index contributed by atoms with van der Waals surface area (Å²) in [5, 5.41) is 4.45. The Morgan fingerprint density at radius 2 is 2.08 bits per heavy atom. The average Bonchev–Trinajstić information content (AvgIpc) is 3.46. The first-order chi connectivity index (χ1) is 18.2. The Kier molecular flexibility index (Phi) is 7.40. The van der Waals surface area contributed by atoms with E-state index in [1.807, 2.05) is 13.8 Å². The lowest BCUT2D eigenvalue weighted by Gasteiger charge is -2.20. The molecule has 11 nitrogen and oxygen atoms in total. The van der Waals surface area contributed by atoms with Gasteiger partial charge < -0.3 is 24.7 Å². The van der Waals surface area contributed by atoms with Gasteiger partial charge in [-0.1, -0.05) is 18.5 Å². The van der Waals surface area contributed by atoms with Gasteiger partial charge in [0.1, 0.15) is 18.2 Å². The number of benzene rings is 1. The van der Waals surface area contributed by atoms with Crippen LogP contribution in [0.15, 0.2) is 23.0 Å². The number of amides is 1. The van der Waals surface area contributed by atoms with Gasteiger partial charge in [-0.3, -0.25) is 4.79 Å². The number of pyridine rings is 1. The van der Waals surface area contributed by atoms with Crippen molar-refractivity contribution >= 4 is 40.5 Å². The third-order valence-electron chi connectivity index (χ3n) is 7.08. The standard InChI is InChI=1S/C26H32ClN7O4/c1-5-18-13-38-26(36)34(18)25-30-15(3)29-24(32-25)28-14(2)19-8-17-9-20(27)22(10-21(17)31-23(19)35)37-12-16-6-7-33(4)11-16/h8-10,14,16,18H,5-7,11-13H2,1-4H3,(H,31,35)(H,28,29,30,32)/t14-,16?,18-/m0/s1. The van der Waals surface area contributed by atoms with Crippen LogP contribution in [-0.2, 0) is 4.74 Å². The van der Waals surface area contributed by atoms with Gasteiger partial charge in [-0.2, -0.15) is 15.0 Å². The number of halogens is 1. The van der Waals surface area contributed by atoms with E-state index >= 15 is 0 Å². The van der Waals surface area contributed by atoms with Crippen molar-refractivity contribution in [1.29, 1.82) is 0 Å². The number of aromatic amines is 1. The van der Waals surface area contributed by atoms with Crippen LogP contribution in [0, 0.1) is 12.8 Å². The molecule has 5 rings (SSSR count). The molecule has 3 atom stereocenters. The minimum atomic E-state index is -0.483. The molecular formula is C26H32ClN7O4. The molecule has 2 fully saturated rings. The predicted molar refractivity (Wildman–Crippen MR) is 145 cm³/mol. The lowest BCUT2D eigenvalue weighted by Crippen LogP contribution is -2.35. The van der Waals surface area contributed by atoms with Gasteiger partial charge in [0, 0.05) is 29.5 Å². The van der Waals surface area contributed by atoms with E-state index in [0.717, 1.165) is 24.9 Å². The molecule has 1 amide bonds. The summed E-state index contributed by atoms with van der Waals surface area (Å²) < 4.78 is 11.2. The molecule has 0 saturated carbocycles.